The molecule has 3 heteroatoms. The van der Waals surface area contributed by atoms with Gasteiger partial charge in [0, 0.05) is 17.4 Å². The molecule has 80 valence electrons. The van der Waals surface area contributed by atoms with Crippen molar-refractivity contribution < 1.29 is 4.74 Å². The molecular formula is C11H18OS2. The fourth-order valence-corrected chi connectivity index (χ4v) is 4.52. The van der Waals surface area contributed by atoms with Crippen molar-refractivity contribution in [3.05, 3.63) is 0 Å². The van der Waals surface area contributed by atoms with Gasteiger partial charge in [-0.2, -0.15) is 0 Å². The lowest BCUT2D eigenvalue weighted by Crippen LogP contribution is -2.39. The van der Waals surface area contributed by atoms with Crippen LogP contribution in [0.15, 0.2) is 0 Å². The Morgan fingerprint density at radius 3 is 2.57 bits per heavy atom. The number of ether oxygens (including phenoxy) is 1. The summed E-state index contributed by atoms with van der Waals surface area (Å²) in [6.45, 7) is 7.28. The summed E-state index contributed by atoms with van der Waals surface area (Å²) in [6.07, 6.45) is 5.54. The quantitative estimate of drug-likeness (QED) is 0.533. The van der Waals surface area contributed by atoms with Crippen molar-refractivity contribution in [2.75, 3.05) is 18.1 Å². The molecule has 1 saturated heterocycles. The highest BCUT2D eigenvalue weighted by Gasteiger charge is 2.35. The molecule has 2 atom stereocenters. The molecule has 0 bridgehead atoms. The SMILES string of the molecule is C#CCOC1CSSCC1C(C)(C)C. The van der Waals surface area contributed by atoms with Gasteiger partial charge in [-0.25, -0.2) is 0 Å². The van der Waals surface area contributed by atoms with Crippen molar-refractivity contribution in [2.24, 2.45) is 11.3 Å². The summed E-state index contributed by atoms with van der Waals surface area (Å²) < 4.78 is 5.70. The van der Waals surface area contributed by atoms with E-state index in [4.69, 9.17) is 11.2 Å². The zero-order valence-electron chi connectivity index (χ0n) is 9.08. The van der Waals surface area contributed by atoms with E-state index in [1.807, 2.05) is 21.6 Å². The Morgan fingerprint density at radius 1 is 1.36 bits per heavy atom. The van der Waals surface area contributed by atoms with Crippen molar-refractivity contribution in [1.82, 2.24) is 0 Å². The first-order chi connectivity index (χ1) is 6.55. The topological polar surface area (TPSA) is 9.23 Å². The number of hydrogen-bond donors (Lipinski definition) is 0. The van der Waals surface area contributed by atoms with Crippen LogP contribution in [-0.2, 0) is 4.74 Å². The monoisotopic (exact) mass is 230 g/mol. The fraction of sp³-hybridized carbons (Fsp3) is 0.818. The zero-order valence-corrected chi connectivity index (χ0v) is 10.7. The van der Waals surface area contributed by atoms with Gasteiger partial charge in [0.1, 0.15) is 6.61 Å². The maximum atomic E-state index is 5.70. The Morgan fingerprint density at radius 2 is 2.00 bits per heavy atom. The predicted molar refractivity (Wildman–Crippen MR) is 66.4 cm³/mol. The summed E-state index contributed by atoms with van der Waals surface area (Å²) in [7, 11) is 3.85. The normalized spacial score (nSPS) is 28.4. The molecule has 0 aliphatic carbocycles. The molecule has 14 heavy (non-hydrogen) atoms. The Bertz CT molecular complexity index is 214. The smallest absolute Gasteiger partial charge is 0.107 e. The van der Waals surface area contributed by atoms with E-state index in [2.05, 4.69) is 26.7 Å². The summed E-state index contributed by atoms with van der Waals surface area (Å²) in [5.74, 6) is 5.40. The van der Waals surface area contributed by atoms with Crippen LogP contribution in [0.4, 0.5) is 0 Å². The van der Waals surface area contributed by atoms with E-state index in [9.17, 15) is 0 Å². The van der Waals surface area contributed by atoms with Crippen molar-refractivity contribution in [3.8, 4) is 12.3 Å². The maximum absolute atomic E-state index is 5.70. The van der Waals surface area contributed by atoms with Crippen LogP contribution >= 0.6 is 21.6 Å². The van der Waals surface area contributed by atoms with E-state index < -0.39 is 0 Å². The fourth-order valence-electron chi connectivity index (χ4n) is 1.59. The molecular weight excluding hydrogens is 212 g/mol. The molecule has 1 aliphatic rings. The first kappa shape index (κ1) is 12.3. The van der Waals surface area contributed by atoms with E-state index >= 15 is 0 Å². The Kier molecular flexibility index (Phi) is 4.69. The van der Waals surface area contributed by atoms with Gasteiger partial charge in [0.25, 0.3) is 0 Å². The van der Waals surface area contributed by atoms with Crippen LogP contribution in [0.2, 0.25) is 0 Å². The lowest BCUT2D eigenvalue weighted by Gasteiger charge is -2.39. The Hall–Kier alpha value is 0.220. The lowest BCUT2D eigenvalue weighted by atomic mass is 9.79. The minimum atomic E-state index is 0.313. The summed E-state index contributed by atoms with van der Waals surface area (Å²) in [5, 5.41) is 0. The van der Waals surface area contributed by atoms with Gasteiger partial charge in [-0.15, -0.1) is 6.42 Å². The van der Waals surface area contributed by atoms with Crippen LogP contribution in [0.5, 0.6) is 0 Å². The third-order valence-corrected chi connectivity index (χ3v) is 4.95. The molecule has 1 rings (SSSR count). The highest BCUT2D eigenvalue weighted by Crippen LogP contribution is 2.42. The summed E-state index contributed by atoms with van der Waals surface area (Å²) >= 11 is 0. The van der Waals surface area contributed by atoms with E-state index in [1.54, 1.807) is 0 Å². The minimum absolute atomic E-state index is 0.313. The molecule has 1 aliphatic heterocycles. The van der Waals surface area contributed by atoms with Gasteiger partial charge < -0.3 is 4.74 Å². The molecule has 0 aromatic heterocycles. The standard InChI is InChI=1S/C11H18OS2/c1-5-6-12-10-8-14-13-7-9(10)11(2,3)4/h1,9-10H,6-8H2,2-4H3. The van der Waals surface area contributed by atoms with Crippen LogP contribution in [0.25, 0.3) is 0 Å². The average Bonchev–Trinajstić information content (AvgIpc) is 2.14. The molecule has 0 amide bonds. The van der Waals surface area contributed by atoms with E-state index in [1.165, 1.54) is 5.75 Å². The number of hydrogen-bond acceptors (Lipinski definition) is 3. The third-order valence-electron chi connectivity index (χ3n) is 2.51. The Balaban J connectivity index is 2.56. The number of rotatable bonds is 2. The molecule has 2 unspecified atom stereocenters. The van der Waals surface area contributed by atoms with Crippen molar-refractivity contribution >= 4 is 21.6 Å². The van der Waals surface area contributed by atoms with Crippen LogP contribution in [0.1, 0.15) is 20.8 Å². The second kappa shape index (κ2) is 5.34. The molecule has 0 N–H and O–H groups in total. The van der Waals surface area contributed by atoms with Gasteiger partial charge >= 0.3 is 0 Å². The van der Waals surface area contributed by atoms with Gasteiger partial charge in [-0.3, -0.25) is 0 Å². The first-order valence-corrected chi connectivity index (χ1v) is 7.34. The van der Waals surface area contributed by atoms with Crippen LogP contribution < -0.4 is 0 Å². The largest absolute Gasteiger partial charge is 0.364 e. The van der Waals surface area contributed by atoms with E-state index in [0.29, 0.717) is 24.0 Å². The van der Waals surface area contributed by atoms with Crippen LogP contribution in [0.3, 0.4) is 0 Å². The zero-order chi connectivity index (χ0) is 10.6. The first-order valence-electron chi connectivity index (χ1n) is 4.85. The molecule has 0 spiro atoms. The predicted octanol–water partition coefficient (Wildman–Crippen LogP) is 3.06. The van der Waals surface area contributed by atoms with Crippen molar-refractivity contribution in [3.63, 3.8) is 0 Å². The van der Waals surface area contributed by atoms with Gasteiger partial charge in [-0.1, -0.05) is 48.3 Å². The summed E-state index contributed by atoms with van der Waals surface area (Å²) in [5.41, 5.74) is 0.313. The lowest BCUT2D eigenvalue weighted by molar-refractivity contribution is 0.0159. The van der Waals surface area contributed by atoms with Gasteiger partial charge in [-0.05, 0) is 5.41 Å². The molecule has 0 aromatic carbocycles. The second-order valence-corrected chi connectivity index (χ2v) is 7.15. The van der Waals surface area contributed by atoms with Crippen LogP contribution in [0, 0.1) is 23.7 Å². The molecule has 0 aromatic rings. The van der Waals surface area contributed by atoms with Crippen molar-refractivity contribution in [1.29, 1.82) is 0 Å². The van der Waals surface area contributed by atoms with Gasteiger partial charge in [0.05, 0.1) is 6.10 Å². The Labute approximate surface area is 95.1 Å². The molecule has 1 heterocycles. The molecule has 0 saturated carbocycles. The van der Waals surface area contributed by atoms with Gasteiger partial charge in [0.15, 0.2) is 0 Å². The average molecular weight is 230 g/mol. The molecule has 1 fully saturated rings. The molecule has 1 nitrogen and oxygen atoms in total. The van der Waals surface area contributed by atoms with Crippen molar-refractivity contribution in [2.45, 2.75) is 26.9 Å². The molecule has 0 radical (unpaired) electrons. The third kappa shape index (κ3) is 3.42. The minimum Gasteiger partial charge on any atom is -0.364 e. The second-order valence-electron chi connectivity index (χ2n) is 4.60. The van der Waals surface area contributed by atoms with E-state index in [-0.39, 0.29) is 0 Å². The van der Waals surface area contributed by atoms with Crippen LogP contribution in [-0.4, -0.2) is 24.2 Å². The summed E-state index contributed by atoms with van der Waals surface area (Å²) in [6, 6.07) is 0. The maximum Gasteiger partial charge on any atom is 0.107 e. The number of terminal acetylenes is 1. The van der Waals surface area contributed by atoms with E-state index in [0.717, 1.165) is 5.75 Å². The highest BCUT2D eigenvalue weighted by molar-refractivity contribution is 8.76. The van der Waals surface area contributed by atoms with Gasteiger partial charge in [0.2, 0.25) is 0 Å². The highest BCUT2D eigenvalue weighted by atomic mass is 33.1. The summed E-state index contributed by atoms with van der Waals surface area (Å²) in [4.78, 5) is 0.